The zero-order valence-corrected chi connectivity index (χ0v) is 22.8. The van der Waals surface area contributed by atoms with Crippen LogP contribution in [0.3, 0.4) is 0 Å². The zero-order chi connectivity index (χ0) is 23.8. The standard InChI is InChI=1S/C30H42O3Si/c1-28-15-16-30(31-17-18-32-30)20-26(28)22(21-9-7-6-8-10-21)19-23-24-11-12-27(33-34(3,4)5)29(24,2)14-13-25(23)28/h6-10,12,23-25H,11,13-20H2,1-5H3/t23-,24-,25-,28+,29-/m0/s1. The highest BCUT2D eigenvalue weighted by Gasteiger charge is 2.60. The van der Waals surface area contributed by atoms with Crippen LogP contribution in [0.15, 0.2) is 47.7 Å². The maximum atomic E-state index is 6.71. The van der Waals surface area contributed by atoms with E-state index in [-0.39, 0.29) is 16.6 Å². The lowest BCUT2D eigenvalue weighted by atomic mass is 9.46. The second-order valence-corrected chi connectivity index (χ2v) is 17.5. The van der Waals surface area contributed by atoms with Crippen molar-refractivity contribution in [2.45, 2.75) is 84.2 Å². The molecule has 1 aromatic rings. The Morgan fingerprint density at radius 1 is 0.912 bits per heavy atom. The molecule has 1 aliphatic heterocycles. The number of allylic oxidation sites excluding steroid dienone is 3. The van der Waals surface area contributed by atoms with E-state index in [9.17, 15) is 0 Å². The Balaban J connectivity index is 1.41. The SMILES string of the molecule is C[C@]12CCC3(CC1=C(c1ccccc1)C[C@@H]1[C@@H]2CC[C@]2(C)C(O[Si](C)(C)C)=CC[C@@H]12)OCCO3. The van der Waals surface area contributed by atoms with Gasteiger partial charge in [-0.2, -0.15) is 0 Å². The van der Waals surface area contributed by atoms with Crippen molar-refractivity contribution in [1.82, 2.24) is 0 Å². The molecule has 1 spiro atoms. The van der Waals surface area contributed by atoms with Gasteiger partial charge in [0.2, 0.25) is 8.32 Å². The molecule has 0 amide bonds. The lowest BCUT2D eigenvalue weighted by molar-refractivity contribution is -0.184. The molecule has 4 aliphatic carbocycles. The first-order chi connectivity index (χ1) is 16.1. The molecule has 1 heterocycles. The van der Waals surface area contributed by atoms with Crippen molar-refractivity contribution in [3.8, 4) is 0 Å². The minimum atomic E-state index is -1.62. The van der Waals surface area contributed by atoms with Crippen LogP contribution < -0.4 is 0 Å². The third-order valence-electron chi connectivity index (χ3n) is 10.1. The Morgan fingerprint density at radius 2 is 1.65 bits per heavy atom. The number of hydrogen-bond acceptors (Lipinski definition) is 3. The van der Waals surface area contributed by atoms with Gasteiger partial charge >= 0.3 is 0 Å². The van der Waals surface area contributed by atoms with Crippen molar-refractivity contribution < 1.29 is 13.9 Å². The summed E-state index contributed by atoms with van der Waals surface area (Å²) in [5, 5.41) is 0. The molecule has 0 radical (unpaired) electrons. The minimum absolute atomic E-state index is 0.199. The summed E-state index contributed by atoms with van der Waals surface area (Å²) in [6.45, 7) is 13.6. The van der Waals surface area contributed by atoms with Gasteiger partial charge in [-0.1, -0.05) is 49.8 Å². The van der Waals surface area contributed by atoms with E-state index in [1.165, 1.54) is 43.4 Å². The Kier molecular flexibility index (Phi) is 5.30. The van der Waals surface area contributed by atoms with Crippen molar-refractivity contribution in [3.05, 3.63) is 53.3 Å². The van der Waals surface area contributed by atoms with Crippen LogP contribution in [0.5, 0.6) is 0 Å². The van der Waals surface area contributed by atoms with Crippen LogP contribution in [-0.2, 0) is 13.9 Å². The highest BCUT2D eigenvalue weighted by atomic mass is 28.4. The molecule has 0 N–H and O–H groups in total. The Morgan fingerprint density at radius 3 is 2.35 bits per heavy atom. The van der Waals surface area contributed by atoms with Gasteiger partial charge in [0.05, 0.1) is 19.0 Å². The number of ether oxygens (including phenoxy) is 2. The van der Waals surface area contributed by atoms with E-state index in [1.807, 2.05) is 0 Å². The summed E-state index contributed by atoms with van der Waals surface area (Å²) in [6.07, 6.45) is 10.6. The van der Waals surface area contributed by atoms with Crippen LogP contribution in [0.1, 0.15) is 64.4 Å². The summed E-state index contributed by atoms with van der Waals surface area (Å²) >= 11 is 0. The molecular weight excluding hydrogens is 436 g/mol. The van der Waals surface area contributed by atoms with Crippen LogP contribution in [0.25, 0.3) is 5.57 Å². The smallest absolute Gasteiger partial charge is 0.241 e. The van der Waals surface area contributed by atoms with Crippen LogP contribution >= 0.6 is 0 Å². The van der Waals surface area contributed by atoms with Gasteiger partial charge in [-0.15, -0.1) is 0 Å². The molecule has 5 aliphatic rings. The van der Waals surface area contributed by atoms with Crippen molar-refractivity contribution in [2.24, 2.45) is 28.6 Å². The molecule has 0 unspecified atom stereocenters. The Bertz CT molecular complexity index is 1020. The summed E-state index contributed by atoms with van der Waals surface area (Å²) in [5.41, 5.74) is 5.07. The van der Waals surface area contributed by atoms with Gasteiger partial charge in [0.1, 0.15) is 0 Å². The lowest BCUT2D eigenvalue weighted by Crippen LogP contribution is -2.53. The predicted molar refractivity (Wildman–Crippen MR) is 140 cm³/mol. The van der Waals surface area contributed by atoms with Gasteiger partial charge in [0.25, 0.3) is 0 Å². The molecule has 3 fully saturated rings. The van der Waals surface area contributed by atoms with E-state index < -0.39 is 8.32 Å². The van der Waals surface area contributed by atoms with E-state index in [0.717, 1.165) is 32.0 Å². The molecule has 2 saturated carbocycles. The van der Waals surface area contributed by atoms with Gasteiger partial charge in [-0.25, -0.2) is 0 Å². The first-order valence-electron chi connectivity index (χ1n) is 13.6. The van der Waals surface area contributed by atoms with Crippen LogP contribution in [0, 0.1) is 28.6 Å². The Labute approximate surface area is 207 Å². The van der Waals surface area contributed by atoms with Crippen LogP contribution in [0.4, 0.5) is 0 Å². The quantitative estimate of drug-likeness (QED) is 0.419. The maximum Gasteiger partial charge on any atom is 0.241 e. The van der Waals surface area contributed by atoms with Gasteiger partial charge < -0.3 is 13.9 Å². The Hall–Kier alpha value is -1.36. The molecule has 0 aromatic heterocycles. The van der Waals surface area contributed by atoms with E-state index >= 15 is 0 Å². The average Bonchev–Trinajstić information content (AvgIpc) is 3.38. The second kappa shape index (κ2) is 7.82. The average molecular weight is 479 g/mol. The van der Waals surface area contributed by atoms with Gasteiger partial charge in [0, 0.05) is 18.3 Å². The molecule has 0 bridgehead atoms. The molecule has 1 saturated heterocycles. The molecule has 184 valence electrons. The lowest BCUT2D eigenvalue weighted by Gasteiger charge is -2.59. The molecule has 4 heteroatoms. The second-order valence-electron chi connectivity index (χ2n) is 13.1. The largest absolute Gasteiger partial charge is 0.547 e. The normalized spacial score (nSPS) is 38.9. The number of rotatable bonds is 3. The monoisotopic (exact) mass is 478 g/mol. The zero-order valence-electron chi connectivity index (χ0n) is 21.8. The summed E-state index contributed by atoms with van der Waals surface area (Å²) in [6, 6.07) is 11.2. The molecule has 6 rings (SSSR count). The fraction of sp³-hybridized carbons (Fsp3) is 0.667. The topological polar surface area (TPSA) is 27.7 Å². The molecule has 1 aromatic carbocycles. The van der Waals surface area contributed by atoms with Crippen LogP contribution in [0.2, 0.25) is 19.6 Å². The van der Waals surface area contributed by atoms with E-state index in [2.05, 4.69) is 69.9 Å². The summed E-state index contributed by atoms with van der Waals surface area (Å²) in [4.78, 5) is 0. The number of fused-ring (bicyclic) bond motifs is 5. The molecule has 34 heavy (non-hydrogen) atoms. The summed E-state index contributed by atoms with van der Waals surface area (Å²) in [5.74, 6) is 3.09. The molecule has 5 atom stereocenters. The third kappa shape index (κ3) is 3.50. The minimum Gasteiger partial charge on any atom is -0.547 e. The molecular formula is C30H42O3Si. The summed E-state index contributed by atoms with van der Waals surface area (Å²) < 4.78 is 19.2. The van der Waals surface area contributed by atoms with Crippen molar-refractivity contribution >= 4 is 13.9 Å². The number of hydrogen-bond donors (Lipinski definition) is 0. The highest BCUT2D eigenvalue weighted by Crippen LogP contribution is 2.68. The maximum absolute atomic E-state index is 6.71. The summed E-state index contributed by atoms with van der Waals surface area (Å²) in [7, 11) is -1.62. The molecule has 3 nitrogen and oxygen atoms in total. The van der Waals surface area contributed by atoms with E-state index in [1.54, 1.807) is 11.1 Å². The van der Waals surface area contributed by atoms with Crippen molar-refractivity contribution in [2.75, 3.05) is 13.2 Å². The van der Waals surface area contributed by atoms with Crippen LogP contribution in [-0.4, -0.2) is 27.3 Å². The van der Waals surface area contributed by atoms with E-state index in [4.69, 9.17) is 13.9 Å². The predicted octanol–water partition coefficient (Wildman–Crippen LogP) is 7.57. The van der Waals surface area contributed by atoms with Gasteiger partial charge in [-0.05, 0) is 92.1 Å². The first-order valence-corrected chi connectivity index (χ1v) is 17.0. The highest BCUT2D eigenvalue weighted by molar-refractivity contribution is 6.70. The third-order valence-corrected chi connectivity index (χ3v) is 10.9. The fourth-order valence-corrected chi connectivity index (χ4v) is 9.41. The fourth-order valence-electron chi connectivity index (χ4n) is 8.43. The van der Waals surface area contributed by atoms with Gasteiger partial charge in [0.15, 0.2) is 5.79 Å². The number of benzene rings is 1. The van der Waals surface area contributed by atoms with E-state index in [0.29, 0.717) is 11.8 Å². The van der Waals surface area contributed by atoms with Crippen molar-refractivity contribution in [1.29, 1.82) is 0 Å². The van der Waals surface area contributed by atoms with Crippen molar-refractivity contribution in [3.63, 3.8) is 0 Å². The first kappa shape index (κ1) is 23.1. The van der Waals surface area contributed by atoms with Gasteiger partial charge in [-0.3, -0.25) is 0 Å².